The third kappa shape index (κ3) is 1.32. The molecule has 0 fully saturated rings. The van der Waals surface area contributed by atoms with E-state index in [0.717, 1.165) is 22.6 Å². The fourth-order valence-electron chi connectivity index (χ4n) is 2.75. The number of hydrogen-bond acceptors (Lipinski definition) is 5. The molecule has 1 aromatic rings. The molecule has 3 aliphatic rings. The van der Waals surface area contributed by atoms with Gasteiger partial charge in [-0.1, -0.05) is 18.2 Å². The minimum Gasteiger partial charge on any atom is -0.493 e. The van der Waals surface area contributed by atoms with E-state index in [-0.39, 0.29) is 6.02 Å². The topological polar surface area (TPSA) is 66.1 Å². The van der Waals surface area contributed by atoms with Crippen molar-refractivity contribution < 1.29 is 14.2 Å². The van der Waals surface area contributed by atoms with Crippen molar-refractivity contribution in [3.63, 3.8) is 0 Å². The average molecular weight is 256 g/mol. The Bertz CT molecular complexity index is 648. The molecular weight excluding hydrogens is 244 g/mol. The number of para-hydroxylation sites is 1. The molecule has 0 aromatic heterocycles. The zero-order valence-electron chi connectivity index (χ0n) is 10.1. The van der Waals surface area contributed by atoms with E-state index in [1.807, 2.05) is 30.3 Å². The summed E-state index contributed by atoms with van der Waals surface area (Å²) in [5.74, 6) is 1.55. The van der Waals surface area contributed by atoms with Crippen LogP contribution >= 0.6 is 0 Å². The maximum atomic E-state index is 5.90. The maximum absolute atomic E-state index is 5.90. The highest BCUT2D eigenvalue weighted by Crippen LogP contribution is 2.48. The zero-order valence-corrected chi connectivity index (χ0v) is 10.1. The molecule has 1 atom stereocenters. The van der Waals surface area contributed by atoms with Gasteiger partial charge in [-0.2, -0.15) is 0 Å². The Morgan fingerprint density at radius 2 is 2.16 bits per heavy atom. The molecule has 0 amide bonds. The van der Waals surface area contributed by atoms with Crippen molar-refractivity contribution in [2.75, 3.05) is 13.2 Å². The highest BCUT2D eigenvalue weighted by Gasteiger charge is 2.48. The van der Waals surface area contributed by atoms with Crippen LogP contribution in [0.2, 0.25) is 0 Å². The van der Waals surface area contributed by atoms with Crippen molar-refractivity contribution in [1.82, 2.24) is 0 Å². The summed E-state index contributed by atoms with van der Waals surface area (Å²) in [6, 6.07) is 8.02. The van der Waals surface area contributed by atoms with E-state index in [9.17, 15) is 0 Å². The van der Waals surface area contributed by atoms with Gasteiger partial charge in [0.2, 0.25) is 0 Å². The Morgan fingerprint density at radius 3 is 3.00 bits per heavy atom. The molecular formula is C14H12N2O3. The normalized spacial score (nSPS) is 27.1. The van der Waals surface area contributed by atoms with Gasteiger partial charge in [0, 0.05) is 11.1 Å². The van der Waals surface area contributed by atoms with Gasteiger partial charge in [0.05, 0.1) is 6.26 Å². The zero-order chi connectivity index (χ0) is 12.9. The molecule has 3 heterocycles. The SMILES string of the molecule is NC1=NC2(CO1)C1=C(COC=C1)Oc1ccccc12. The molecule has 4 rings (SSSR count). The van der Waals surface area contributed by atoms with E-state index >= 15 is 0 Å². The summed E-state index contributed by atoms with van der Waals surface area (Å²) in [5, 5.41) is 0. The van der Waals surface area contributed by atoms with Crippen molar-refractivity contribution in [3.05, 3.63) is 53.5 Å². The van der Waals surface area contributed by atoms with Crippen LogP contribution in [0, 0.1) is 0 Å². The number of aliphatic imine (C=N–C) groups is 1. The molecule has 5 heteroatoms. The molecule has 96 valence electrons. The van der Waals surface area contributed by atoms with Gasteiger partial charge in [0.1, 0.15) is 24.7 Å². The fourth-order valence-corrected chi connectivity index (χ4v) is 2.75. The molecule has 1 unspecified atom stereocenters. The van der Waals surface area contributed by atoms with Gasteiger partial charge in [-0.15, -0.1) is 0 Å². The van der Waals surface area contributed by atoms with Gasteiger partial charge < -0.3 is 19.9 Å². The number of hydrogen-bond donors (Lipinski definition) is 1. The summed E-state index contributed by atoms with van der Waals surface area (Å²) in [6.45, 7) is 0.791. The second kappa shape index (κ2) is 3.54. The van der Waals surface area contributed by atoms with Crippen LogP contribution in [0.1, 0.15) is 5.56 Å². The lowest BCUT2D eigenvalue weighted by Crippen LogP contribution is -2.35. The van der Waals surface area contributed by atoms with Crippen LogP contribution in [0.4, 0.5) is 0 Å². The van der Waals surface area contributed by atoms with E-state index in [0.29, 0.717) is 13.2 Å². The highest BCUT2D eigenvalue weighted by molar-refractivity contribution is 5.76. The number of ether oxygens (including phenoxy) is 3. The van der Waals surface area contributed by atoms with Crippen LogP contribution in [-0.2, 0) is 15.0 Å². The van der Waals surface area contributed by atoms with Gasteiger partial charge in [-0.25, -0.2) is 4.99 Å². The Labute approximate surface area is 110 Å². The van der Waals surface area contributed by atoms with E-state index < -0.39 is 5.54 Å². The van der Waals surface area contributed by atoms with Crippen LogP contribution in [-0.4, -0.2) is 19.2 Å². The van der Waals surface area contributed by atoms with E-state index in [1.165, 1.54) is 0 Å². The molecule has 5 nitrogen and oxygen atoms in total. The molecule has 0 aliphatic carbocycles. The lowest BCUT2D eigenvalue weighted by Gasteiger charge is -2.35. The predicted molar refractivity (Wildman–Crippen MR) is 68.4 cm³/mol. The molecule has 0 saturated heterocycles. The van der Waals surface area contributed by atoms with Gasteiger partial charge >= 0.3 is 0 Å². The third-order valence-corrected chi connectivity index (χ3v) is 3.59. The molecule has 0 saturated carbocycles. The second-order valence-corrected chi connectivity index (χ2v) is 4.65. The number of rotatable bonds is 0. The molecule has 0 bridgehead atoms. The number of amidine groups is 1. The van der Waals surface area contributed by atoms with Gasteiger partial charge in [-0.3, -0.25) is 0 Å². The van der Waals surface area contributed by atoms with Crippen LogP contribution in [0.15, 0.2) is 52.9 Å². The summed E-state index contributed by atoms with van der Waals surface area (Å²) in [5.41, 5.74) is 7.05. The summed E-state index contributed by atoms with van der Waals surface area (Å²) in [4.78, 5) is 4.53. The first-order chi connectivity index (χ1) is 9.29. The second-order valence-electron chi connectivity index (χ2n) is 4.65. The van der Waals surface area contributed by atoms with Crippen molar-refractivity contribution >= 4 is 6.02 Å². The van der Waals surface area contributed by atoms with Crippen LogP contribution < -0.4 is 10.5 Å². The fraction of sp³-hybridized carbons (Fsp3) is 0.214. The van der Waals surface area contributed by atoms with Crippen molar-refractivity contribution in [2.24, 2.45) is 10.7 Å². The first-order valence-electron chi connectivity index (χ1n) is 6.07. The first-order valence-corrected chi connectivity index (χ1v) is 6.07. The Balaban J connectivity index is 1.99. The minimum atomic E-state index is -0.603. The molecule has 3 aliphatic heterocycles. The Hall–Kier alpha value is -2.43. The first kappa shape index (κ1) is 10.5. The van der Waals surface area contributed by atoms with Crippen LogP contribution in [0.3, 0.4) is 0 Å². The number of fused-ring (bicyclic) bond motifs is 3. The van der Waals surface area contributed by atoms with E-state index in [1.54, 1.807) is 6.26 Å². The smallest absolute Gasteiger partial charge is 0.283 e. The number of benzene rings is 1. The molecule has 19 heavy (non-hydrogen) atoms. The van der Waals surface area contributed by atoms with Crippen molar-refractivity contribution in [3.8, 4) is 5.75 Å². The lowest BCUT2D eigenvalue weighted by atomic mass is 9.80. The number of nitrogens with two attached hydrogens (primary N) is 1. The molecule has 1 aromatic carbocycles. The number of nitrogens with zero attached hydrogens (tertiary/aromatic N) is 1. The van der Waals surface area contributed by atoms with Crippen LogP contribution in [0.5, 0.6) is 5.75 Å². The van der Waals surface area contributed by atoms with Crippen LogP contribution in [0.25, 0.3) is 0 Å². The largest absolute Gasteiger partial charge is 0.493 e. The summed E-state index contributed by atoms with van der Waals surface area (Å²) < 4.78 is 16.6. The monoisotopic (exact) mass is 256 g/mol. The van der Waals surface area contributed by atoms with Gasteiger partial charge in [0.25, 0.3) is 6.02 Å². The quantitative estimate of drug-likeness (QED) is 0.762. The maximum Gasteiger partial charge on any atom is 0.283 e. The predicted octanol–water partition coefficient (Wildman–Crippen LogP) is 1.42. The third-order valence-electron chi connectivity index (χ3n) is 3.59. The summed E-state index contributed by atoms with van der Waals surface area (Å²) >= 11 is 0. The summed E-state index contributed by atoms with van der Waals surface area (Å²) in [7, 11) is 0. The average Bonchev–Trinajstić information content (AvgIpc) is 2.82. The van der Waals surface area contributed by atoms with E-state index in [4.69, 9.17) is 19.9 Å². The van der Waals surface area contributed by atoms with Gasteiger partial charge in [0.15, 0.2) is 5.54 Å². The molecule has 1 spiro atoms. The summed E-state index contributed by atoms with van der Waals surface area (Å²) in [6.07, 6.45) is 3.53. The standard InChI is InChI=1S/C14H12N2O3/c15-13-16-14(8-18-13)9-3-1-2-4-11(9)19-12-7-17-6-5-10(12)14/h1-6H,7-8H2,(H2,15,16). The minimum absolute atomic E-state index is 0.212. The molecule has 0 radical (unpaired) electrons. The van der Waals surface area contributed by atoms with Gasteiger partial charge in [-0.05, 0) is 12.1 Å². The Kier molecular flexibility index (Phi) is 1.95. The molecule has 2 N–H and O–H groups in total. The highest BCUT2D eigenvalue weighted by atomic mass is 16.5. The van der Waals surface area contributed by atoms with Crippen molar-refractivity contribution in [1.29, 1.82) is 0 Å². The van der Waals surface area contributed by atoms with Crippen molar-refractivity contribution in [2.45, 2.75) is 5.54 Å². The lowest BCUT2D eigenvalue weighted by molar-refractivity contribution is 0.195. The van der Waals surface area contributed by atoms with E-state index in [2.05, 4.69) is 4.99 Å². The Morgan fingerprint density at radius 1 is 1.26 bits per heavy atom.